The van der Waals surface area contributed by atoms with E-state index in [0.29, 0.717) is 13.0 Å². The average molecular weight is 324 g/mol. The molecule has 0 bridgehead atoms. The molecule has 24 heavy (non-hydrogen) atoms. The molecule has 1 N–H and O–H groups in total. The van der Waals surface area contributed by atoms with Crippen molar-refractivity contribution in [3.8, 4) is 5.75 Å². The maximum absolute atomic E-state index is 10.7. The highest BCUT2D eigenvalue weighted by Gasteiger charge is 2.17. The van der Waals surface area contributed by atoms with E-state index in [-0.39, 0.29) is 6.42 Å². The first-order valence-electron chi connectivity index (χ1n) is 8.59. The van der Waals surface area contributed by atoms with E-state index in [9.17, 15) is 4.79 Å². The minimum absolute atomic E-state index is 0.173. The van der Waals surface area contributed by atoms with E-state index in [2.05, 4.69) is 25.1 Å². The molecule has 3 rings (SSSR count). The van der Waals surface area contributed by atoms with E-state index in [0.717, 1.165) is 35.3 Å². The zero-order valence-corrected chi connectivity index (χ0v) is 14.4. The van der Waals surface area contributed by atoms with Crippen molar-refractivity contribution in [1.29, 1.82) is 0 Å². The summed E-state index contributed by atoms with van der Waals surface area (Å²) in [4.78, 5) is 10.7. The van der Waals surface area contributed by atoms with Gasteiger partial charge in [0.1, 0.15) is 12.4 Å². The van der Waals surface area contributed by atoms with Crippen LogP contribution in [0.15, 0.2) is 30.3 Å². The number of carboxylic acids is 1. The largest absolute Gasteiger partial charge is 0.489 e. The molecule has 0 saturated carbocycles. The molecule has 3 nitrogen and oxygen atoms in total. The molecule has 1 aliphatic rings. The predicted molar refractivity (Wildman–Crippen MR) is 94.7 cm³/mol. The first kappa shape index (κ1) is 16.6. The number of fused-ring (bicyclic) bond motifs is 1. The quantitative estimate of drug-likeness (QED) is 0.857. The topological polar surface area (TPSA) is 46.5 Å². The lowest BCUT2D eigenvalue weighted by atomic mass is 10.0. The Kier molecular flexibility index (Phi) is 4.89. The van der Waals surface area contributed by atoms with E-state index in [1.54, 1.807) is 0 Å². The Morgan fingerprint density at radius 2 is 1.88 bits per heavy atom. The van der Waals surface area contributed by atoms with Crippen LogP contribution in [0.25, 0.3) is 0 Å². The standard InChI is InChI=1S/C21H24O3/c1-14-6-10-20(19-5-3-4-18(14)19)24-13-16-7-8-17(15(2)12-16)9-11-21(22)23/h6-8,10,12H,3-5,9,11,13H2,1-2H3,(H,22,23). The van der Waals surface area contributed by atoms with Crippen LogP contribution in [0.2, 0.25) is 0 Å². The molecule has 0 spiro atoms. The second kappa shape index (κ2) is 7.08. The fourth-order valence-corrected chi connectivity index (χ4v) is 3.52. The summed E-state index contributed by atoms with van der Waals surface area (Å²) in [5, 5.41) is 8.81. The first-order valence-corrected chi connectivity index (χ1v) is 8.59. The molecule has 0 amide bonds. The van der Waals surface area contributed by atoms with Gasteiger partial charge >= 0.3 is 5.97 Å². The monoisotopic (exact) mass is 324 g/mol. The van der Waals surface area contributed by atoms with E-state index in [4.69, 9.17) is 9.84 Å². The maximum Gasteiger partial charge on any atom is 0.303 e. The summed E-state index contributed by atoms with van der Waals surface area (Å²) in [6, 6.07) is 10.4. The van der Waals surface area contributed by atoms with Crippen molar-refractivity contribution in [3.63, 3.8) is 0 Å². The third kappa shape index (κ3) is 3.61. The Morgan fingerprint density at radius 3 is 2.62 bits per heavy atom. The van der Waals surface area contributed by atoms with Gasteiger partial charge in [0.25, 0.3) is 0 Å². The number of carboxylic acid groups (broad SMARTS) is 1. The molecule has 3 heteroatoms. The summed E-state index contributed by atoms with van der Waals surface area (Å²) >= 11 is 0. The summed E-state index contributed by atoms with van der Waals surface area (Å²) in [5.74, 6) is 0.260. The van der Waals surface area contributed by atoms with Gasteiger partial charge in [-0.2, -0.15) is 0 Å². The summed E-state index contributed by atoms with van der Waals surface area (Å²) in [5.41, 5.74) is 7.56. The van der Waals surface area contributed by atoms with Gasteiger partial charge in [-0.05, 0) is 79.0 Å². The van der Waals surface area contributed by atoms with Crippen molar-refractivity contribution in [2.24, 2.45) is 0 Å². The lowest BCUT2D eigenvalue weighted by Gasteiger charge is -2.14. The van der Waals surface area contributed by atoms with Crippen molar-refractivity contribution in [1.82, 2.24) is 0 Å². The Bertz CT molecular complexity index is 762. The molecule has 0 unspecified atom stereocenters. The van der Waals surface area contributed by atoms with E-state index in [1.807, 2.05) is 19.1 Å². The van der Waals surface area contributed by atoms with Crippen LogP contribution < -0.4 is 4.74 Å². The normalized spacial score (nSPS) is 12.9. The molecule has 0 heterocycles. The highest BCUT2D eigenvalue weighted by molar-refractivity contribution is 5.67. The number of aliphatic carboxylic acids is 1. The Hall–Kier alpha value is -2.29. The molecule has 2 aromatic carbocycles. The predicted octanol–water partition coefficient (Wildman–Crippen LogP) is 4.39. The van der Waals surface area contributed by atoms with Gasteiger partial charge in [0.05, 0.1) is 0 Å². The summed E-state index contributed by atoms with van der Waals surface area (Å²) in [7, 11) is 0. The van der Waals surface area contributed by atoms with Gasteiger partial charge in [0.2, 0.25) is 0 Å². The highest BCUT2D eigenvalue weighted by atomic mass is 16.5. The van der Waals surface area contributed by atoms with Crippen LogP contribution in [-0.2, 0) is 30.7 Å². The fraction of sp³-hybridized carbons (Fsp3) is 0.381. The second-order valence-corrected chi connectivity index (χ2v) is 6.63. The molecule has 0 radical (unpaired) electrons. The number of hydrogen-bond donors (Lipinski definition) is 1. The number of aryl methyl sites for hydroxylation is 3. The highest BCUT2D eigenvalue weighted by Crippen LogP contribution is 2.33. The molecular weight excluding hydrogens is 300 g/mol. The van der Waals surface area contributed by atoms with Gasteiger partial charge in [-0.25, -0.2) is 0 Å². The number of ether oxygens (including phenoxy) is 1. The summed E-state index contributed by atoms with van der Waals surface area (Å²) in [6.07, 6.45) is 4.24. The first-order chi connectivity index (χ1) is 11.5. The number of rotatable bonds is 6. The van der Waals surface area contributed by atoms with Gasteiger partial charge in [0, 0.05) is 6.42 Å². The second-order valence-electron chi connectivity index (χ2n) is 6.63. The van der Waals surface area contributed by atoms with E-state index < -0.39 is 5.97 Å². The fourth-order valence-electron chi connectivity index (χ4n) is 3.52. The molecule has 0 saturated heterocycles. The van der Waals surface area contributed by atoms with Crippen LogP contribution in [0, 0.1) is 13.8 Å². The Labute approximate surface area is 143 Å². The third-order valence-corrected chi connectivity index (χ3v) is 4.89. The lowest BCUT2D eigenvalue weighted by molar-refractivity contribution is -0.136. The number of benzene rings is 2. The van der Waals surface area contributed by atoms with Gasteiger partial charge in [-0.3, -0.25) is 4.79 Å². The van der Waals surface area contributed by atoms with Crippen molar-refractivity contribution in [2.45, 2.75) is 52.6 Å². The minimum atomic E-state index is -0.755. The molecule has 1 aliphatic carbocycles. The van der Waals surface area contributed by atoms with Crippen LogP contribution in [0.4, 0.5) is 0 Å². The Morgan fingerprint density at radius 1 is 1.08 bits per heavy atom. The molecule has 126 valence electrons. The van der Waals surface area contributed by atoms with Gasteiger partial charge in [-0.15, -0.1) is 0 Å². The lowest BCUT2D eigenvalue weighted by Crippen LogP contribution is -2.02. The molecule has 0 atom stereocenters. The molecule has 0 aromatic heterocycles. The zero-order valence-electron chi connectivity index (χ0n) is 14.4. The number of carbonyl (C=O) groups is 1. The number of hydrogen-bond acceptors (Lipinski definition) is 2. The summed E-state index contributed by atoms with van der Waals surface area (Å²) < 4.78 is 6.09. The van der Waals surface area contributed by atoms with Gasteiger partial charge in [0.15, 0.2) is 0 Å². The smallest absolute Gasteiger partial charge is 0.303 e. The zero-order chi connectivity index (χ0) is 17.1. The molecular formula is C21H24O3. The van der Waals surface area contributed by atoms with Crippen molar-refractivity contribution < 1.29 is 14.6 Å². The molecule has 0 fully saturated rings. The third-order valence-electron chi connectivity index (χ3n) is 4.89. The van der Waals surface area contributed by atoms with E-state index in [1.165, 1.54) is 23.1 Å². The molecule has 2 aromatic rings. The minimum Gasteiger partial charge on any atom is -0.489 e. The van der Waals surface area contributed by atoms with Crippen molar-refractivity contribution in [3.05, 3.63) is 63.7 Å². The van der Waals surface area contributed by atoms with Crippen LogP contribution in [0.5, 0.6) is 5.75 Å². The van der Waals surface area contributed by atoms with Crippen LogP contribution in [-0.4, -0.2) is 11.1 Å². The van der Waals surface area contributed by atoms with Crippen LogP contribution >= 0.6 is 0 Å². The van der Waals surface area contributed by atoms with Crippen molar-refractivity contribution in [2.75, 3.05) is 0 Å². The molecule has 0 aliphatic heterocycles. The van der Waals surface area contributed by atoms with Crippen molar-refractivity contribution >= 4 is 5.97 Å². The Balaban J connectivity index is 1.68. The maximum atomic E-state index is 10.7. The van der Waals surface area contributed by atoms with E-state index >= 15 is 0 Å². The van der Waals surface area contributed by atoms with Gasteiger partial charge < -0.3 is 9.84 Å². The van der Waals surface area contributed by atoms with Crippen LogP contribution in [0.3, 0.4) is 0 Å². The average Bonchev–Trinajstić information content (AvgIpc) is 3.04. The van der Waals surface area contributed by atoms with Crippen LogP contribution in [0.1, 0.15) is 46.2 Å². The van der Waals surface area contributed by atoms with Gasteiger partial charge in [-0.1, -0.05) is 24.3 Å². The SMILES string of the molecule is Cc1cc(COc2ccc(C)c3c2CCC3)ccc1CCC(=O)O. The summed E-state index contributed by atoms with van der Waals surface area (Å²) in [6.45, 7) is 4.76.